The van der Waals surface area contributed by atoms with Gasteiger partial charge in [0.05, 0.1) is 6.61 Å². The molecule has 0 aromatic heterocycles. The molecule has 0 bridgehead atoms. The van der Waals surface area contributed by atoms with E-state index in [1.807, 2.05) is 0 Å². The van der Waals surface area contributed by atoms with E-state index in [9.17, 15) is 15.0 Å². The van der Waals surface area contributed by atoms with Gasteiger partial charge in [-0.15, -0.1) is 0 Å². The Labute approximate surface area is 93.0 Å². The van der Waals surface area contributed by atoms with E-state index in [0.717, 1.165) is 0 Å². The summed E-state index contributed by atoms with van der Waals surface area (Å²) in [5.74, 6) is -0.371. The van der Waals surface area contributed by atoms with Crippen molar-refractivity contribution >= 4 is 5.91 Å². The molecule has 0 spiro atoms. The fraction of sp³-hybridized carbons (Fsp3) is 0.889. The minimum Gasteiger partial charge on any atom is -0.394 e. The lowest BCUT2D eigenvalue weighted by atomic mass is 9.97. The highest BCUT2D eigenvalue weighted by atomic mass is 16.7. The van der Waals surface area contributed by atoms with Crippen LogP contribution in [-0.2, 0) is 14.3 Å². The third-order valence-corrected chi connectivity index (χ3v) is 2.48. The summed E-state index contributed by atoms with van der Waals surface area (Å²) in [7, 11) is 1.35. The zero-order valence-electron chi connectivity index (χ0n) is 9.16. The molecule has 0 aromatic rings. The number of carbonyl (C=O) groups excluding carboxylic acids is 1. The predicted octanol–water partition coefficient (Wildman–Crippen LogP) is -2.42. The van der Waals surface area contributed by atoms with Crippen LogP contribution >= 0.6 is 0 Å². The molecular weight excluding hydrogens is 218 g/mol. The normalized spacial score (nSPS) is 39.4. The van der Waals surface area contributed by atoms with Crippen LogP contribution in [-0.4, -0.2) is 65.6 Å². The van der Waals surface area contributed by atoms with E-state index >= 15 is 0 Å². The zero-order valence-corrected chi connectivity index (χ0v) is 9.16. The number of hydrogen-bond donors (Lipinski definition) is 4. The van der Waals surface area contributed by atoms with Crippen LogP contribution in [0.2, 0.25) is 0 Å². The predicted molar refractivity (Wildman–Crippen MR) is 52.4 cm³/mol. The number of ether oxygens (including phenoxy) is 2. The van der Waals surface area contributed by atoms with Crippen LogP contribution in [0.25, 0.3) is 0 Å². The summed E-state index contributed by atoms with van der Waals surface area (Å²) in [5, 5.41) is 30.7. The molecule has 0 radical (unpaired) electrons. The fourth-order valence-corrected chi connectivity index (χ4v) is 1.67. The van der Waals surface area contributed by atoms with E-state index < -0.39 is 37.3 Å². The van der Waals surface area contributed by atoms with Crippen LogP contribution in [0.15, 0.2) is 0 Å². The third kappa shape index (κ3) is 2.69. The number of carbonyl (C=O) groups is 1. The van der Waals surface area contributed by atoms with Gasteiger partial charge < -0.3 is 30.1 Å². The molecule has 16 heavy (non-hydrogen) atoms. The Morgan fingerprint density at radius 1 is 1.44 bits per heavy atom. The van der Waals surface area contributed by atoms with Crippen LogP contribution in [0.5, 0.6) is 0 Å². The van der Waals surface area contributed by atoms with Crippen molar-refractivity contribution in [3.63, 3.8) is 0 Å². The van der Waals surface area contributed by atoms with E-state index in [0.29, 0.717) is 0 Å². The molecule has 1 fully saturated rings. The van der Waals surface area contributed by atoms with E-state index in [-0.39, 0.29) is 5.91 Å². The van der Waals surface area contributed by atoms with Gasteiger partial charge in [0.1, 0.15) is 24.4 Å². The molecule has 7 heteroatoms. The largest absolute Gasteiger partial charge is 0.394 e. The second-order valence-corrected chi connectivity index (χ2v) is 3.67. The molecule has 1 amide bonds. The highest BCUT2D eigenvalue weighted by Gasteiger charge is 2.44. The SMILES string of the molecule is CO[C@@H]1OC(CO)[C@H](O)[C@H](O)C1NC(C)=O. The minimum absolute atomic E-state index is 0.371. The van der Waals surface area contributed by atoms with Gasteiger partial charge in [-0.05, 0) is 0 Å². The Bertz CT molecular complexity index is 246. The number of hydrogen-bond acceptors (Lipinski definition) is 6. The van der Waals surface area contributed by atoms with Crippen LogP contribution in [0.4, 0.5) is 0 Å². The van der Waals surface area contributed by atoms with Crippen molar-refractivity contribution in [3.05, 3.63) is 0 Å². The Morgan fingerprint density at radius 2 is 2.06 bits per heavy atom. The number of amides is 1. The highest BCUT2D eigenvalue weighted by molar-refractivity contribution is 5.73. The van der Waals surface area contributed by atoms with Gasteiger partial charge >= 0.3 is 0 Å². The zero-order chi connectivity index (χ0) is 12.3. The van der Waals surface area contributed by atoms with Crippen molar-refractivity contribution in [2.24, 2.45) is 0 Å². The summed E-state index contributed by atoms with van der Waals surface area (Å²) in [4.78, 5) is 10.9. The molecule has 1 saturated heterocycles. The molecule has 5 atom stereocenters. The maximum atomic E-state index is 10.9. The maximum Gasteiger partial charge on any atom is 0.217 e. The Hall–Kier alpha value is -0.730. The summed E-state index contributed by atoms with van der Waals surface area (Å²) >= 11 is 0. The molecule has 0 aliphatic carbocycles. The van der Waals surface area contributed by atoms with Gasteiger partial charge in [-0.2, -0.15) is 0 Å². The molecule has 2 unspecified atom stereocenters. The van der Waals surface area contributed by atoms with E-state index in [2.05, 4.69) is 5.32 Å². The average molecular weight is 235 g/mol. The molecule has 0 saturated carbocycles. The highest BCUT2D eigenvalue weighted by Crippen LogP contribution is 2.21. The van der Waals surface area contributed by atoms with Crippen LogP contribution < -0.4 is 5.32 Å². The maximum absolute atomic E-state index is 10.9. The lowest BCUT2D eigenvalue weighted by Crippen LogP contribution is -2.64. The van der Waals surface area contributed by atoms with E-state index in [4.69, 9.17) is 14.6 Å². The number of rotatable bonds is 3. The lowest BCUT2D eigenvalue weighted by Gasteiger charge is -2.41. The summed E-state index contributed by atoms with van der Waals surface area (Å²) in [6.45, 7) is 0.842. The first-order chi connectivity index (χ1) is 7.51. The Morgan fingerprint density at radius 3 is 2.50 bits per heavy atom. The van der Waals surface area contributed by atoms with Crippen LogP contribution in [0, 0.1) is 0 Å². The molecule has 94 valence electrons. The van der Waals surface area contributed by atoms with E-state index in [1.165, 1.54) is 14.0 Å². The monoisotopic (exact) mass is 235 g/mol. The second kappa shape index (κ2) is 5.55. The molecule has 1 rings (SSSR count). The van der Waals surface area contributed by atoms with Crippen LogP contribution in [0.1, 0.15) is 6.92 Å². The van der Waals surface area contributed by atoms with Gasteiger partial charge in [0.15, 0.2) is 6.29 Å². The van der Waals surface area contributed by atoms with Crippen molar-refractivity contribution in [2.45, 2.75) is 37.6 Å². The average Bonchev–Trinajstić information content (AvgIpc) is 2.25. The summed E-state index contributed by atoms with van der Waals surface area (Å²) < 4.78 is 10.1. The van der Waals surface area contributed by atoms with Gasteiger partial charge in [-0.25, -0.2) is 0 Å². The Balaban J connectivity index is 2.77. The lowest BCUT2D eigenvalue weighted by molar-refractivity contribution is -0.262. The van der Waals surface area contributed by atoms with Crippen molar-refractivity contribution in [2.75, 3.05) is 13.7 Å². The standard InChI is InChI=1S/C9H17NO6/c1-4(12)10-6-8(14)7(13)5(3-11)16-9(6)15-2/h5-9,11,13-14H,3H2,1-2H3,(H,10,12)/t5?,6?,7-,8+,9+/m0/s1. The molecular formula is C9H17NO6. The number of aliphatic hydroxyl groups excluding tert-OH is 3. The van der Waals surface area contributed by atoms with Gasteiger partial charge in [0, 0.05) is 14.0 Å². The van der Waals surface area contributed by atoms with Crippen molar-refractivity contribution < 1.29 is 29.6 Å². The number of methoxy groups -OCH3 is 1. The molecule has 4 N–H and O–H groups in total. The summed E-state index contributed by atoms with van der Waals surface area (Å²) in [6.07, 6.45) is -4.35. The van der Waals surface area contributed by atoms with Gasteiger partial charge in [0.25, 0.3) is 0 Å². The first-order valence-electron chi connectivity index (χ1n) is 4.93. The Kier molecular flexibility index (Phi) is 4.63. The minimum atomic E-state index is -1.27. The summed E-state index contributed by atoms with van der Waals surface area (Å²) in [5.41, 5.74) is 0. The van der Waals surface area contributed by atoms with E-state index in [1.54, 1.807) is 0 Å². The van der Waals surface area contributed by atoms with Crippen molar-refractivity contribution in [3.8, 4) is 0 Å². The topological polar surface area (TPSA) is 108 Å². The van der Waals surface area contributed by atoms with Gasteiger partial charge in [-0.1, -0.05) is 0 Å². The van der Waals surface area contributed by atoms with Crippen molar-refractivity contribution in [1.82, 2.24) is 5.32 Å². The first-order valence-corrected chi connectivity index (χ1v) is 4.93. The molecule has 0 aromatic carbocycles. The van der Waals surface area contributed by atoms with Gasteiger partial charge in [-0.3, -0.25) is 4.79 Å². The smallest absolute Gasteiger partial charge is 0.217 e. The molecule has 1 heterocycles. The van der Waals surface area contributed by atoms with Crippen LogP contribution in [0.3, 0.4) is 0 Å². The first kappa shape index (κ1) is 13.3. The number of aliphatic hydroxyl groups is 3. The second-order valence-electron chi connectivity index (χ2n) is 3.67. The summed E-state index contributed by atoms with van der Waals surface area (Å²) in [6, 6.07) is -0.861. The fourth-order valence-electron chi connectivity index (χ4n) is 1.67. The number of nitrogens with one attached hydrogen (secondary N) is 1. The molecule has 1 aliphatic rings. The van der Waals surface area contributed by atoms with Crippen molar-refractivity contribution in [1.29, 1.82) is 0 Å². The quantitative estimate of drug-likeness (QED) is 0.433. The van der Waals surface area contributed by atoms with Gasteiger partial charge in [0.2, 0.25) is 5.91 Å². The third-order valence-electron chi connectivity index (χ3n) is 2.48. The molecule has 7 nitrogen and oxygen atoms in total. The molecule has 1 aliphatic heterocycles.